The van der Waals surface area contributed by atoms with Gasteiger partial charge in [0.15, 0.2) is 0 Å². The van der Waals surface area contributed by atoms with Gasteiger partial charge in [-0.15, -0.1) is 69.1 Å². The molecular formula is C54H48Cl2SiZr-2. The van der Waals surface area contributed by atoms with Crippen LogP contribution in [0.3, 0.4) is 0 Å². The first kappa shape index (κ1) is 43.3. The van der Waals surface area contributed by atoms with Gasteiger partial charge < -0.3 is 24.8 Å². The summed E-state index contributed by atoms with van der Waals surface area (Å²) in [6.45, 7) is 9.11. The summed E-state index contributed by atoms with van der Waals surface area (Å²) in [5.41, 5.74) is 8.44. The number of aryl methyl sites for hydroxylation is 2. The fourth-order valence-electron chi connectivity index (χ4n) is 8.48. The zero-order valence-electron chi connectivity index (χ0n) is 33.8. The van der Waals surface area contributed by atoms with Crippen LogP contribution >= 0.6 is 0 Å². The zero-order chi connectivity index (χ0) is 38.6. The molecule has 288 valence electrons. The first-order valence-electron chi connectivity index (χ1n) is 20.1. The van der Waals surface area contributed by atoms with Crippen molar-refractivity contribution in [2.75, 3.05) is 0 Å². The van der Waals surface area contributed by atoms with E-state index in [0.717, 1.165) is 12.8 Å². The molecule has 0 aromatic heterocycles. The first-order valence-corrected chi connectivity index (χ1v) is 26.3. The number of benzene rings is 8. The van der Waals surface area contributed by atoms with E-state index >= 15 is 0 Å². The summed E-state index contributed by atoms with van der Waals surface area (Å²) in [5.74, 6) is 0. The molecular weight excluding hydrogens is 839 g/mol. The molecule has 0 heterocycles. The fraction of sp³-hybridized carbons (Fsp3) is 0.148. The standard InChI is InChI=1S/2C26H21.C2H6Si.2ClH.Zr/c2*1-2-8-18-15-19-10-7-14-24(25(19)16-18)26-17-20-9-3-4-11-21(20)22-12-5-6-13-23(22)26;1-3-2;;;/h2*3-7,9-17H,2,8H2,1H3;1-2H3;2*1H;/q2*-1;;;;+2/p-2. The Morgan fingerprint density at radius 3 is 1.12 bits per heavy atom. The van der Waals surface area contributed by atoms with Crippen LogP contribution in [0.25, 0.3) is 86.9 Å². The van der Waals surface area contributed by atoms with Gasteiger partial charge in [0, 0.05) is 0 Å². The number of halogens is 2. The predicted octanol–water partition coefficient (Wildman–Crippen LogP) is 9.76. The van der Waals surface area contributed by atoms with Crippen LogP contribution in [-0.4, -0.2) is 5.43 Å². The van der Waals surface area contributed by atoms with Crippen molar-refractivity contribution < 1.29 is 48.1 Å². The Labute approximate surface area is 371 Å². The third-order valence-electron chi connectivity index (χ3n) is 10.8. The summed E-state index contributed by atoms with van der Waals surface area (Å²) >= 11 is 1.74. The maximum absolute atomic E-state index is 2.39. The van der Waals surface area contributed by atoms with E-state index in [0.29, 0.717) is 0 Å². The van der Waals surface area contributed by atoms with E-state index in [2.05, 4.69) is 197 Å². The van der Waals surface area contributed by atoms with E-state index < -0.39 is 0 Å². The van der Waals surface area contributed by atoms with Crippen molar-refractivity contribution in [2.45, 2.75) is 52.6 Å². The van der Waals surface area contributed by atoms with Crippen LogP contribution in [0.2, 0.25) is 13.1 Å². The normalized spacial score (nSPS) is 10.9. The second kappa shape index (κ2) is 19.6. The number of fused-ring (bicyclic) bond motifs is 8. The Hall–Kier alpha value is -4.30. The van der Waals surface area contributed by atoms with E-state index in [1.165, 1.54) is 111 Å². The Balaban J connectivity index is 0.000000174. The molecule has 10 rings (SSSR count). The van der Waals surface area contributed by atoms with Gasteiger partial charge >= 0.3 is 41.9 Å². The SMILES string of the molecule is CCCc1cc2c(-c3cc4ccccc4c4ccccc34)cccc2[cH-]1.CCCc1cc2c(-c3cc4ccccc4c4ccccc34)cccc2[cH-]1.C[Si](C)=[Zr+2].[Cl-].[Cl-]. The molecule has 0 fully saturated rings. The maximum atomic E-state index is 2.39. The maximum Gasteiger partial charge on any atom is -1.00 e. The van der Waals surface area contributed by atoms with Gasteiger partial charge in [0.2, 0.25) is 0 Å². The molecule has 4 heteroatoms. The summed E-state index contributed by atoms with van der Waals surface area (Å²) in [7, 11) is 0. The van der Waals surface area contributed by atoms with Crippen molar-refractivity contribution in [3.63, 3.8) is 0 Å². The quantitative estimate of drug-likeness (QED) is 0.0887. The molecule has 0 nitrogen and oxygen atoms in total. The third kappa shape index (κ3) is 8.97. The van der Waals surface area contributed by atoms with Crippen molar-refractivity contribution in [1.29, 1.82) is 0 Å². The van der Waals surface area contributed by atoms with Crippen LogP contribution in [-0.2, 0) is 36.2 Å². The van der Waals surface area contributed by atoms with E-state index in [1.807, 2.05) is 0 Å². The molecule has 10 aromatic rings. The molecule has 0 N–H and O–H groups in total. The van der Waals surface area contributed by atoms with E-state index in [4.69, 9.17) is 0 Å². The topological polar surface area (TPSA) is 0 Å². The number of rotatable bonds is 6. The molecule has 0 bridgehead atoms. The Morgan fingerprint density at radius 2 is 0.741 bits per heavy atom. The zero-order valence-corrected chi connectivity index (χ0v) is 38.7. The monoisotopic (exact) mass is 884 g/mol. The van der Waals surface area contributed by atoms with Gasteiger partial charge in [-0.3, -0.25) is 0 Å². The molecule has 0 unspecified atom stereocenters. The van der Waals surface area contributed by atoms with Crippen molar-refractivity contribution in [3.05, 3.63) is 181 Å². The summed E-state index contributed by atoms with van der Waals surface area (Å²) < 4.78 is 0. The van der Waals surface area contributed by atoms with Crippen molar-refractivity contribution in [1.82, 2.24) is 0 Å². The smallest absolute Gasteiger partial charge is 1.00 e. The van der Waals surface area contributed by atoms with Gasteiger partial charge in [0.25, 0.3) is 0 Å². The molecule has 0 aliphatic heterocycles. The second-order valence-electron chi connectivity index (χ2n) is 15.2. The van der Waals surface area contributed by atoms with E-state index in [-0.39, 0.29) is 30.2 Å². The van der Waals surface area contributed by atoms with Gasteiger partial charge in [0.1, 0.15) is 0 Å². The van der Waals surface area contributed by atoms with Crippen LogP contribution in [0.15, 0.2) is 170 Å². The van der Waals surface area contributed by atoms with Crippen molar-refractivity contribution in [3.8, 4) is 22.3 Å². The van der Waals surface area contributed by atoms with Gasteiger partial charge in [-0.05, 0) is 79.2 Å². The molecule has 10 aromatic carbocycles. The summed E-state index contributed by atoms with van der Waals surface area (Å²) in [6.07, 6.45) is 4.66. The minimum atomic E-state index is 0. The third-order valence-corrected chi connectivity index (χ3v) is 10.8. The van der Waals surface area contributed by atoms with Gasteiger partial charge in [0.05, 0.1) is 0 Å². The van der Waals surface area contributed by atoms with Crippen molar-refractivity contribution >= 4 is 70.1 Å². The van der Waals surface area contributed by atoms with E-state index in [9.17, 15) is 0 Å². The fourth-order valence-corrected chi connectivity index (χ4v) is 8.48. The minimum absolute atomic E-state index is 0. The molecule has 0 amide bonds. The molecule has 0 saturated carbocycles. The average molecular weight is 887 g/mol. The predicted molar refractivity (Wildman–Crippen MR) is 245 cm³/mol. The summed E-state index contributed by atoms with van der Waals surface area (Å²) in [5, 5.41) is 16.0. The second-order valence-corrected chi connectivity index (χ2v) is 24.6. The van der Waals surface area contributed by atoms with Gasteiger partial charge in [-0.1, -0.05) is 147 Å². The average Bonchev–Trinajstić information content (AvgIpc) is 3.84. The van der Waals surface area contributed by atoms with Crippen LogP contribution in [0.4, 0.5) is 0 Å². The first-order chi connectivity index (χ1) is 27.4. The van der Waals surface area contributed by atoms with Crippen molar-refractivity contribution in [2.24, 2.45) is 0 Å². The molecule has 0 atom stereocenters. The molecule has 0 spiro atoms. The number of hydrogen-bond donors (Lipinski definition) is 0. The molecule has 0 saturated heterocycles. The van der Waals surface area contributed by atoms with Gasteiger partial charge in [-0.2, -0.15) is 12.1 Å². The van der Waals surface area contributed by atoms with Crippen LogP contribution in [0.5, 0.6) is 0 Å². The van der Waals surface area contributed by atoms with Gasteiger partial charge in [-0.25, -0.2) is 0 Å². The molecule has 58 heavy (non-hydrogen) atoms. The molecule has 0 radical (unpaired) electrons. The minimum Gasteiger partial charge on any atom is -1.00 e. The van der Waals surface area contributed by atoms with Crippen LogP contribution in [0, 0.1) is 0 Å². The number of hydrogen-bond acceptors (Lipinski definition) is 0. The Bertz CT molecular complexity index is 2800. The summed E-state index contributed by atoms with van der Waals surface area (Å²) in [4.78, 5) is 0. The van der Waals surface area contributed by atoms with Crippen LogP contribution < -0.4 is 24.8 Å². The van der Waals surface area contributed by atoms with Crippen LogP contribution in [0.1, 0.15) is 37.8 Å². The largest absolute Gasteiger partial charge is 1.00 e. The molecule has 0 aliphatic rings. The Morgan fingerprint density at radius 1 is 0.397 bits per heavy atom. The summed E-state index contributed by atoms with van der Waals surface area (Å²) in [6, 6.07) is 62.6. The molecule has 0 aliphatic carbocycles. The Kier molecular flexibility index (Phi) is 14.7. The van der Waals surface area contributed by atoms with E-state index in [1.54, 1.807) is 23.3 Å².